The SMILES string of the molecule is COc1cccc2c1OC1(C)C(C)C2NC(=S)N1c1cccc(Cl)c1. The second-order valence-electron chi connectivity index (χ2n) is 6.57. The number of hydrogen-bond acceptors (Lipinski definition) is 3. The van der Waals surface area contributed by atoms with Crippen LogP contribution in [0.4, 0.5) is 5.69 Å². The fourth-order valence-corrected chi connectivity index (χ4v) is 4.36. The number of hydrogen-bond donors (Lipinski definition) is 1. The lowest BCUT2D eigenvalue weighted by atomic mass is 9.80. The minimum Gasteiger partial charge on any atom is -0.493 e. The first-order chi connectivity index (χ1) is 12.0. The molecule has 0 radical (unpaired) electrons. The maximum atomic E-state index is 6.53. The number of ether oxygens (including phenoxy) is 2. The zero-order valence-corrected chi connectivity index (χ0v) is 15.8. The third-order valence-corrected chi connectivity index (χ3v) is 5.75. The summed E-state index contributed by atoms with van der Waals surface area (Å²) in [5.41, 5.74) is 1.31. The first-order valence-electron chi connectivity index (χ1n) is 8.18. The van der Waals surface area contributed by atoms with Crippen LogP contribution in [-0.2, 0) is 0 Å². The van der Waals surface area contributed by atoms with Gasteiger partial charge < -0.3 is 14.8 Å². The zero-order valence-electron chi connectivity index (χ0n) is 14.2. The van der Waals surface area contributed by atoms with E-state index >= 15 is 0 Å². The van der Waals surface area contributed by atoms with Crippen molar-refractivity contribution >= 4 is 34.6 Å². The van der Waals surface area contributed by atoms with Crippen LogP contribution in [0.15, 0.2) is 42.5 Å². The Bertz CT molecular complexity index is 859. The number of nitrogens with zero attached hydrogens (tertiary/aromatic N) is 1. The lowest BCUT2D eigenvalue weighted by Crippen LogP contribution is -2.69. The Balaban J connectivity index is 1.88. The van der Waals surface area contributed by atoms with Crippen molar-refractivity contribution in [2.75, 3.05) is 12.0 Å². The van der Waals surface area contributed by atoms with E-state index in [0.717, 1.165) is 22.7 Å². The first kappa shape index (κ1) is 16.5. The molecule has 1 saturated heterocycles. The summed E-state index contributed by atoms with van der Waals surface area (Å²) >= 11 is 11.9. The molecular weight excluding hydrogens is 356 g/mol. The standard InChI is InChI=1S/C19H19ClN2O2S/c1-11-16-14-8-5-9-15(23-3)17(14)24-19(11,2)22(18(25)21-16)13-7-4-6-12(20)10-13/h4-11,16H,1-3H3,(H,21,25). The summed E-state index contributed by atoms with van der Waals surface area (Å²) in [5.74, 6) is 1.64. The molecule has 130 valence electrons. The van der Waals surface area contributed by atoms with Crippen LogP contribution < -0.4 is 19.7 Å². The Kier molecular flexibility index (Phi) is 3.81. The summed E-state index contributed by atoms with van der Waals surface area (Å²) in [4.78, 5) is 2.00. The van der Waals surface area contributed by atoms with Gasteiger partial charge in [0.05, 0.1) is 13.2 Å². The second kappa shape index (κ2) is 5.78. The van der Waals surface area contributed by atoms with Crippen molar-refractivity contribution in [3.8, 4) is 11.5 Å². The molecule has 4 nitrogen and oxygen atoms in total. The van der Waals surface area contributed by atoms with Crippen molar-refractivity contribution < 1.29 is 9.47 Å². The molecule has 2 aromatic carbocycles. The van der Waals surface area contributed by atoms with Gasteiger partial charge in [0.25, 0.3) is 0 Å². The van der Waals surface area contributed by atoms with Gasteiger partial charge in [0, 0.05) is 22.2 Å². The fourth-order valence-electron chi connectivity index (χ4n) is 3.77. The molecule has 0 amide bonds. The third-order valence-electron chi connectivity index (χ3n) is 5.21. The number of benzene rings is 2. The van der Waals surface area contributed by atoms with Gasteiger partial charge in [0.2, 0.25) is 0 Å². The molecular formula is C19H19ClN2O2S. The molecule has 4 rings (SSSR count). The van der Waals surface area contributed by atoms with E-state index < -0.39 is 5.72 Å². The number of anilines is 1. The summed E-state index contributed by atoms with van der Waals surface area (Å²) in [6.45, 7) is 4.23. The molecule has 2 aromatic rings. The largest absolute Gasteiger partial charge is 0.493 e. The van der Waals surface area contributed by atoms with Crippen molar-refractivity contribution in [3.05, 3.63) is 53.1 Å². The molecule has 0 saturated carbocycles. The molecule has 3 atom stereocenters. The highest BCUT2D eigenvalue weighted by Crippen LogP contribution is 2.52. The molecule has 1 fully saturated rings. The number of methoxy groups -OCH3 is 1. The predicted molar refractivity (Wildman–Crippen MR) is 104 cm³/mol. The molecule has 0 aromatic heterocycles. The number of fused-ring (bicyclic) bond motifs is 4. The average Bonchev–Trinajstić information content (AvgIpc) is 2.57. The topological polar surface area (TPSA) is 33.7 Å². The lowest BCUT2D eigenvalue weighted by Gasteiger charge is -2.56. The number of thiocarbonyl (C=S) groups is 1. The van der Waals surface area contributed by atoms with Crippen LogP contribution >= 0.6 is 23.8 Å². The van der Waals surface area contributed by atoms with E-state index in [9.17, 15) is 0 Å². The Morgan fingerprint density at radius 3 is 2.76 bits per heavy atom. The van der Waals surface area contributed by atoms with Crippen molar-refractivity contribution in [1.29, 1.82) is 0 Å². The highest BCUT2D eigenvalue weighted by Gasteiger charge is 2.54. The normalized spacial score (nSPS) is 27.2. The molecule has 0 spiro atoms. The molecule has 2 aliphatic rings. The van der Waals surface area contributed by atoms with E-state index in [0.29, 0.717) is 10.1 Å². The third kappa shape index (κ3) is 2.37. The van der Waals surface area contributed by atoms with Gasteiger partial charge in [0.15, 0.2) is 22.3 Å². The Labute approximate surface area is 157 Å². The van der Waals surface area contributed by atoms with E-state index in [-0.39, 0.29) is 12.0 Å². The number of para-hydroxylation sites is 1. The van der Waals surface area contributed by atoms with E-state index in [1.165, 1.54) is 0 Å². The Hall–Kier alpha value is -1.98. The second-order valence-corrected chi connectivity index (χ2v) is 7.39. The first-order valence-corrected chi connectivity index (χ1v) is 8.96. The lowest BCUT2D eigenvalue weighted by molar-refractivity contribution is -0.00545. The van der Waals surface area contributed by atoms with Gasteiger partial charge in [0.1, 0.15) is 0 Å². The number of nitrogens with one attached hydrogen (secondary N) is 1. The van der Waals surface area contributed by atoms with E-state index in [1.54, 1.807) is 7.11 Å². The summed E-state index contributed by atoms with van der Waals surface area (Å²) in [6.07, 6.45) is 0. The maximum Gasteiger partial charge on any atom is 0.191 e. The Morgan fingerprint density at radius 2 is 2.04 bits per heavy atom. The van der Waals surface area contributed by atoms with Gasteiger partial charge in [-0.1, -0.05) is 36.7 Å². The minimum atomic E-state index is -0.653. The van der Waals surface area contributed by atoms with Gasteiger partial charge in [-0.3, -0.25) is 4.90 Å². The predicted octanol–water partition coefficient (Wildman–Crippen LogP) is 4.53. The van der Waals surface area contributed by atoms with Gasteiger partial charge in [-0.15, -0.1) is 0 Å². The summed E-state index contributed by atoms with van der Waals surface area (Å²) < 4.78 is 12.1. The van der Waals surface area contributed by atoms with Gasteiger partial charge in [-0.05, 0) is 43.4 Å². The maximum absolute atomic E-state index is 6.53. The summed E-state index contributed by atoms with van der Waals surface area (Å²) in [6, 6.07) is 13.7. The quantitative estimate of drug-likeness (QED) is 0.781. The van der Waals surface area contributed by atoms with Crippen molar-refractivity contribution in [1.82, 2.24) is 5.32 Å². The average molecular weight is 375 g/mol. The van der Waals surface area contributed by atoms with Crippen molar-refractivity contribution in [2.45, 2.75) is 25.6 Å². The molecule has 2 heterocycles. The summed E-state index contributed by atoms with van der Waals surface area (Å²) in [7, 11) is 1.65. The highest BCUT2D eigenvalue weighted by atomic mass is 35.5. The van der Waals surface area contributed by atoms with Crippen LogP contribution in [0, 0.1) is 5.92 Å². The molecule has 25 heavy (non-hydrogen) atoms. The van der Waals surface area contributed by atoms with Crippen LogP contribution in [-0.4, -0.2) is 17.9 Å². The molecule has 2 aliphatic heterocycles. The Morgan fingerprint density at radius 1 is 1.28 bits per heavy atom. The number of halogens is 1. The minimum absolute atomic E-state index is 0.0618. The van der Waals surface area contributed by atoms with Crippen LogP contribution in [0.5, 0.6) is 11.5 Å². The van der Waals surface area contributed by atoms with Crippen molar-refractivity contribution in [3.63, 3.8) is 0 Å². The van der Waals surface area contributed by atoms with Crippen molar-refractivity contribution in [2.24, 2.45) is 5.92 Å². The number of rotatable bonds is 2. The monoisotopic (exact) mass is 374 g/mol. The zero-order chi connectivity index (χ0) is 17.8. The van der Waals surface area contributed by atoms with Gasteiger partial charge in [-0.2, -0.15) is 0 Å². The molecule has 1 N–H and O–H groups in total. The molecule has 2 bridgehead atoms. The van der Waals surface area contributed by atoms with Gasteiger partial charge >= 0.3 is 0 Å². The van der Waals surface area contributed by atoms with Crippen LogP contribution in [0.3, 0.4) is 0 Å². The fraction of sp³-hybridized carbons (Fsp3) is 0.316. The molecule has 6 heteroatoms. The van der Waals surface area contributed by atoms with E-state index in [2.05, 4.69) is 25.2 Å². The van der Waals surface area contributed by atoms with E-state index in [1.807, 2.05) is 41.3 Å². The molecule has 3 unspecified atom stereocenters. The smallest absolute Gasteiger partial charge is 0.191 e. The van der Waals surface area contributed by atoms with E-state index in [4.69, 9.17) is 33.3 Å². The highest BCUT2D eigenvalue weighted by molar-refractivity contribution is 7.80. The summed E-state index contributed by atoms with van der Waals surface area (Å²) in [5, 5.41) is 4.76. The van der Waals surface area contributed by atoms with Gasteiger partial charge in [-0.25, -0.2) is 0 Å². The van der Waals surface area contributed by atoms with Crippen LogP contribution in [0.1, 0.15) is 25.5 Å². The van der Waals surface area contributed by atoms with Crippen LogP contribution in [0.25, 0.3) is 0 Å². The van der Waals surface area contributed by atoms with Crippen LogP contribution in [0.2, 0.25) is 5.02 Å². The molecule has 0 aliphatic carbocycles.